The van der Waals surface area contributed by atoms with Crippen molar-refractivity contribution in [3.8, 4) is 11.5 Å². The van der Waals surface area contributed by atoms with E-state index in [-0.39, 0.29) is 19.0 Å². The van der Waals surface area contributed by atoms with Crippen LogP contribution in [-0.2, 0) is 22.6 Å². The number of carbonyl (C=O) groups excluding carboxylic acids is 1. The van der Waals surface area contributed by atoms with Gasteiger partial charge < -0.3 is 18.6 Å². The second-order valence-corrected chi connectivity index (χ2v) is 6.36. The van der Waals surface area contributed by atoms with E-state index in [0.29, 0.717) is 27.1 Å². The second-order valence-electron chi connectivity index (χ2n) is 5.51. The third-order valence-corrected chi connectivity index (χ3v) is 4.49. The van der Waals surface area contributed by atoms with Gasteiger partial charge in [-0.2, -0.15) is 0 Å². The number of furan rings is 1. The molecular formula is C19H16Cl2O5. The normalized spacial score (nSPS) is 10.8. The molecule has 0 bridgehead atoms. The molecule has 0 N–H and O–H groups in total. The van der Waals surface area contributed by atoms with Crippen LogP contribution in [0.3, 0.4) is 0 Å². The fraction of sp³-hybridized carbons (Fsp3) is 0.211. The molecule has 26 heavy (non-hydrogen) atoms. The first kappa shape index (κ1) is 18.4. The lowest BCUT2D eigenvalue weighted by atomic mass is 10.1. The molecule has 0 radical (unpaired) electrons. The van der Waals surface area contributed by atoms with Gasteiger partial charge in [-0.25, -0.2) is 0 Å². The Balaban J connectivity index is 1.88. The number of benzene rings is 2. The van der Waals surface area contributed by atoms with Gasteiger partial charge in [0.25, 0.3) is 0 Å². The van der Waals surface area contributed by atoms with Crippen LogP contribution in [0.1, 0.15) is 11.1 Å². The molecule has 1 heterocycles. The van der Waals surface area contributed by atoms with E-state index in [1.165, 1.54) is 20.5 Å². The molecule has 0 saturated carbocycles. The molecule has 2 aromatic carbocycles. The zero-order chi connectivity index (χ0) is 18.7. The van der Waals surface area contributed by atoms with Gasteiger partial charge >= 0.3 is 5.97 Å². The Hall–Kier alpha value is -2.37. The Labute approximate surface area is 160 Å². The molecule has 0 aliphatic carbocycles. The van der Waals surface area contributed by atoms with Gasteiger partial charge in [0.1, 0.15) is 6.61 Å². The smallest absolute Gasteiger partial charge is 0.310 e. The van der Waals surface area contributed by atoms with Gasteiger partial charge in [0.15, 0.2) is 11.3 Å². The van der Waals surface area contributed by atoms with Crippen molar-refractivity contribution in [2.75, 3.05) is 14.2 Å². The summed E-state index contributed by atoms with van der Waals surface area (Å²) in [6, 6.07) is 8.79. The maximum atomic E-state index is 11.5. The van der Waals surface area contributed by atoms with Crippen molar-refractivity contribution in [2.24, 2.45) is 0 Å². The van der Waals surface area contributed by atoms with E-state index in [9.17, 15) is 4.79 Å². The molecule has 0 unspecified atom stereocenters. The molecule has 0 fully saturated rings. The van der Waals surface area contributed by atoms with E-state index in [2.05, 4.69) is 0 Å². The first-order valence-corrected chi connectivity index (χ1v) is 8.49. The number of hydrogen-bond acceptors (Lipinski definition) is 5. The van der Waals surface area contributed by atoms with E-state index in [0.717, 1.165) is 16.5 Å². The van der Waals surface area contributed by atoms with Crippen molar-refractivity contribution in [3.05, 3.63) is 57.8 Å². The maximum Gasteiger partial charge on any atom is 0.310 e. The lowest BCUT2D eigenvalue weighted by Gasteiger charge is -2.12. The molecule has 0 saturated heterocycles. The van der Waals surface area contributed by atoms with E-state index in [1.54, 1.807) is 24.3 Å². The summed E-state index contributed by atoms with van der Waals surface area (Å²) < 4.78 is 21.6. The maximum absolute atomic E-state index is 11.5. The number of carbonyl (C=O) groups is 1. The third kappa shape index (κ3) is 3.74. The Kier molecular flexibility index (Phi) is 5.59. The van der Waals surface area contributed by atoms with Gasteiger partial charge in [-0.3, -0.25) is 4.79 Å². The molecule has 136 valence electrons. The first-order chi connectivity index (χ1) is 12.5. The summed E-state index contributed by atoms with van der Waals surface area (Å²) in [4.78, 5) is 11.5. The van der Waals surface area contributed by atoms with Crippen LogP contribution in [0.2, 0.25) is 10.0 Å². The van der Waals surface area contributed by atoms with Crippen LogP contribution in [0.25, 0.3) is 11.0 Å². The molecular weight excluding hydrogens is 379 g/mol. The molecule has 0 spiro atoms. The van der Waals surface area contributed by atoms with Crippen LogP contribution in [-0.4, -0.2) is 20.2 Å². The van der Waals surface area contributed by atoms with E-state index in [1.807, 2.05) is 6.07 Å². The lowest BCUT2D eigenvalue weighted by Crippen LogP contribution is -2.03. The highest BCUT2D eigenvalue weighted by atomic mass is 35.5. The topological polar surface area (TPSA) is 57.9 Å². The molecule has 3 rings (SSSR count). The second kappa shape index (κ2) is 7.89. The van der Waals surface area contributed by atoms with Crippen LogP contribution in [0.15, 0.2) is 41.0 Å². The highest BCUT2D eigenvalue weighted by Gasteiger charge is 2.18. The predicted octanol–water partition coefficient (Wildman–Crippen LogP) is 5.04. The van der Waals surface area contributed by atoms with Crippen molar-refractivity contribution in [1.82, 2.24) is 0 Å². The molecule has 0 amide bonds. The average molecular weight is 395 g/mol. The molecule has 0 aliphatic heterocycles. The Morgan fingerprint density at radius 1 is 1.12 bits per heavy atom. The fourth-order valence-corrected chi connectivity index (χ4v) is 3.04. The van der Waals surface area contributed by atoms with Crippen molar-refractivity contribution in [2.45, 2.75) is 13.0 Å². The van der Waals surface area contributed by atoms with E-state index < -0.39 is 0 Å². The molecule has 3 aromatic rings. The quantitative estimate of drug-likeness (QED) is 0.547. The highest BCUT2D eigenvalue weighted by molar-refractivity contribution is 6.35. The van der Waals surface area contributed by atoms with Gasteiger partial charge in [-0.05, 0) is 24.3 Å². The summed E-state index contributed by atoms with van der Waals surface area (Å²) in [7, 11) is 2.87. The van der Waals surface area contributed by atoms with Crippen LogP contribution >= 0.6 is 23.2 Å². The molecule has 5 nitrogen and oxygen atoms in total. The zero-order valence-corrected chi connectivity index (χ0v) is 15.7. The van der Waals surface area contributed by atoms with Crippen molar-refractivity contribution < 1.29 is 23.4 Å². The first-order valence-electron chi connectivity index (χ1n) is 7.74. The fourth-order valence-electron chi connectivity index (χ4n) is 2.57. The number of esters is 1. The number of fused-ring (bicyclic) bond motifs is 1. The van der Waals surface area contributed by atoms with Gasteiger partial charge in [0.05, 0.1) is 26.9 Å². The lowest BCUT2D eigenvalue weighted by molar-refractivity contribution is -0.139. The van der Waals surface area contributed by atoms with Gasteiger partial charge in [0, 0.05) is 26.6 Å². The molecule has 1 aromatic heterocycles. The number of methoxy groups -OCH3 is 2. The third-order valence-electron chi connectivity index (χ3n) is 3.91. The van der Waals surface area contributed by atoms with Crippen LogP contribution in [0, 0.1) is 0 Å². The average Bonchev–Trinajstić information content (AvgIpc) is 3.03. The number of hydrogen-bond donors (Lipinski definition) is 0. The van der Waals surface area contributed by atoms with E-state index >= 15 is 0 Å². The van der Waals surface area contributed by atoms with Gasteiger partial charge in [0.2, 0.25) is 5.75 Å². The molecule has 0 atom stereocenters. The minimum atomic E-state index is -0.343. The number of halogens is 2. The summed E-state index contributed by atoms with van der Waals surface area (Å²) in [5.41, 5.74) is 2.02. The summed E-state index contributed by atoms with van der Waals surface area (Å²) in [5.74, 6) is 0.609. The van der Waals surface area contributed by atoms with Crippen LogP contribution in [0.5, 0.6) is 11.5 Å². The summed E-state index contributed by atoms with van der Waals surface area (Å²) >= 11 is 12.1. The monoisotopic (exact) mass is 394 g/mol. The molecule has 0 aliphatic rings. The Morgan fingerprint density at radius 2 is 1.92 bits per heavy atom. The van der Waals surface area contributed by atoms with E-state index in [4.69, 9.17) is 41.8 Å². The summed E-state index contributed by atoms with van der Waals surface area (Å²) in [6.07, 6.45) is 1.64. The summed E-state index contributed by atoms with van der Waals surface area (Å²) in [5, 5.41) is 1.85. The minimum absolute atomic E-state index is 0.118. The summed E-state index contributed by atoms with van der Waals surface area (Å²) in [6.45, 7) is 0.244. The zero-order valence-electron chi connectivity index (χ0n) is 14.2. The standard InChI is InChI=1S/C19H16Cl2O5/c1-23-17(22)7-12-10-26-18-14(12)5-6-16(19(18)24-2)25-9-11-3-4-13(20)8-15(11)21/h3-6,8,10H,7,9H2,1-2H3. The number of rotatable bonds is 6. The highest BCUT2D eigenvalue weighted by Crippen LogP contribution is 2.38. The largest absolute Gasteiger partial charge is 0.490 e. The van der Waals surface area contributed by atoms with Crippen molar-refractivity contribution >= 4 is 40.1 Å². The Morgan fingerprint density at radius 3 is 2.62 bits per heavy atom. The van der Waals surface area contributed by atoms with Crippen LogP contribution < -0.4 is 9.47 Å². The Bertz CT molecular complexity index is 948. The van der Waals surface area contributed by atoms with Crippen molar-refractivity contribution in [3.63, 3.8) is 0 Å². The molecule has 7 heteroatoms. The minimum Gasteiger partial charge on any atom is -0.490 e. The predicted molar refractivity (Wildman–Crippen MR) is 99.3 cm³/mol. The van der Waals surface area contributed by atoms with Crippen molar-refractivity contribution in [1.29, 1.82) is 0 Å². The van der Waals surface area contributed by atoms with Gasteiger partial charge in [-0.1, -0.05) is 29.3 Å². The van der Waals surface area contributed by atoms with Crippen LogP contribution in [0.4, 0.5) is 0 Å². The van der Waals surface area contributed by atoms with Gasteiger partial charge in [-0.15, -0.1) is 0 Å². The SMILES string of the molecule is COC(=O)Cc1coc2c(OC)c(OCc3ccc(Cl)cc3Cl)ccc12. The number of ether oxygens (including phenoxy) is 3.